The Morgan fingerprint density at radius 3 is 1.97 bits per heavy atom. The van der Waals surface area contributed by atoms with Crippen LogP contribution in [0.2, 0.25) is 0 Å². The Morgan fingerprint density at radius 2 is 1.55 bits per heavy atom. The number of likely N-dealkylation sites (N-methyl/N-ethyl adjacent to an activating group) is 1. The maximum atomic E-state index is 12.6. The summed E-state index contributed by atoms with van der Waals surface area (Å²) in [7, 11) is 0. The third-order valence-corrected chi connectivity index (χ3v) is 3.88. The summed E-state index contributed by atoms with van der Waals surface area (Å²) < 4.78 is 5.29. The maximum Gasteiger partial charge on any atom is 0.410 e. The Labute approximate surface area is 169 Å². The third-order valence-electron chi connectivity index (χ3n) is 3.88. The van der Waals surface area contributed by atoms with Gasteiger partial charge in [0.05, 0.1) is 6.54 Å². The molecule has 0 heterocycles. The van der Waals surface area contributed by atoms with Crippen LogP contribution in [0.3, 0.4) is 0 Å². The lowest BCUT2D eigenvalue weighted by Gasteiger charge is -2.26. The lowest BCUT2D eigenvalue weighted by atomic mass is 10.0. The molecule has 0 atom stereocenters. The molecular formula is C20H28N2O7. The molecule has 1 aromatic carbocycles. The summed E-state index contributed by atoms with van der Waals surface area (Å²) in [5.41, 5.74) is 0.618. The summed E-state index contributed by atoms with van der Waals surface area (Å²) in [5, 5.41) is 18.0. The molecule has 160 valence electrons. The van der Waals surface area contributed by atoms with Gasteiger partial charge in [-0.2, -0.15) is 0 Å². The quantitative estimate of drug-likeness (QED) is 0.597. The van der Waals surface area contributed by atoms with Crippen LogP contribution < -0.4 is 4.90 Å². The van der Waals surface area contributed by atoms with Gasteiger partial charge in [-0.25, -0.2) is 4.79 Å². The van der Waals surface area contributed by atoms with Crippen LogP contribution in [-0.2, 0) is 14.3 Å². The van der Waals surface area contributed by atoms with Crippen LogP contribution in [0.15, 0.2) is 18.2 Å². The fraction of sp³-hybridized carbons (Fsp3) is 0.500. The van der Waals surface area contributed by atoms with E-state index in [-0.39, 0.29) is 12.3 Å². The first-order chi connectivity index (χ1) is 13.3. The van der Waals surface area contributed by atoms with Gasteiger partial charge in [0.1, 0.15) is 18.7 Å². The number of ketones is 1. The van der Waals surface area contributed by atoms with Crippen molar-refractivity contribution in [3.63, 3.8) is 0 Å². The van der Waals surface area contributed by atoms with Crippen LogP contribution in [0.1, 0.15) is 43.6 Å². The second-order valence-corrected chi connectivity index (χ2v) is 7.56. The molecule has 0 unspecified atom stereocenters. The maximum absolute atomic E-state index is 12.6. The number of rotatable bonds is 9. The fourth-order valence-corrected chi connectivity index (χ4v) is 2.63. The molecule has 0 radical (unpaired) electrons. The molecule has 0 bridgehead atoms. The molecular weight excluding hydrogens is 380 g/mol. The smallest absolute Gasteiger partial charge is 0.410 e. The van der Waals surface area contributed by atoms with Gasteiger partial charge in [0.2, 0.25) is 0 Å². The first-order valence-corrected chi connectivity index (χ1v) is 9.14. The lowest BCUT2D eigenvalue weighted by molar-refractivity contribution is -0.136. The number of benzene rings is 1. The number of hydrogen-bond donors (Lipinski definition) is 2. The van der Waals surface area contributed by atoms with E-state index in [1.807, 2.05) is 0 Å². The van der Waals surface area contributed by atoms with Crippen LogP contribution in [0.25, 0.3) is 0 Å². The molecule has 9 heteroatoms. The SMILES string of the molecule is CCN(CC(=O)c1ccc(N(CC(=O)O)CC(=O)O)c(C)c1)C(=O)OC(C)(C)C. The zero-order chi connectivity index (χ0) is 22.4. The van der Waals surface area contributed by atoms with Crippen molar-refractivity contribution in [3.8, 4) is 0 Å². The zero-order valence-corrected chi connectivity index (χ0v) is 17.4. The molecule has 0 aromatic heterocycles. The van der Waals surface area contributed by atoms with Gasteiger partial charge >= 0.3 is 18.0 Å². The Morgan fingerprint density at radius 1 is 1.00 bits per heavy atom. The molecule has 1 rings (SSSR count). The van der Waals surface area contributed by atoms with Gasteiger partial charge < -0.3 is 24.7 Å². The minimum atomic E-state index is -1.17. The number of amides is 1. The normalized spacial score (nSPS) is 10.9. The summed E-state index contributed by atoms with van der Waals surface area (Å²) >= 11 is 0. The van der Waals surface area contributed by atoms with Gasteiger partial charge in [-0.15, -0.1) is 0 Å². The summed E-state index contributed by atoms with van der Waals surface area (Å²) in [6.07, 6.45) is -0.587. The highest BCUT2D eigenvalue weighted by Gasteiger charge is 2.24. The molecule has 0 aliphatic heterocycles. The summed E-state index contributed by atoms with van der Waals surface area (Å²) in [4.78, 5) is 49.4. The van der Waals surface area contributed by atoms with Gasteiger partial charge in [0, 0.05) is 17.8 Å². The summed E-state index contributed by atoms with van der Waals surface area (Å²) in [6.45, 7) is 7.77. The summed E-state index contributed by atoms with van der Waals surface area (Å²) in [5.74, 6) is -2.64. The highest BCUT2D eigenvalue weighted by molar-refractivity contribution is 5.99. The number of hydrogen-bond acceptors (Lipinski definition) is 6. The number of nitrogens with zero attached hydrogens (tertiary/aromatic N) is 2. The van der Waals surface area contributed by atoms with Crippen LogP contribution in [0.4, 0.5) is 10.5 Å². The van der Waals surface area contributed by atoms with Crippen molar-refractivity contribution in [3.05, 3.63) is 29.3 Å². The van der Waals surface area contributed by atoms with E-state index in [2.05, 4.69) is 0 Å². The molecule has 0 fully saturated rings. The number of Topliss-reactive ketones (excluding diaryl/α,β-unsaturated/α-hetero) is 1. The largest absolute Gasteiger partial charge is 0.480 e. The highest BCUT2D eigenvalue weighted by atomic mass is 16.6. The Hall–Kier alpha value is -3.10. The van der Waals surface area contributed by atoms with E-state index in [0.29, 0.717) is 23.4 Å². The van der Waals surface area contributed by atoms with Crippen molar-refractivity contribution in [2.75, 3.05) is 31.1 Å². The number of aliphatic carboxylic acids is 2. The molecule has 0 saturated carbocycles. The van der Waals surface area contributed by atoms with Crippen molar-refractivity contribution < 1.29 is 34.1 Å². The number of carboxylic acid groups (broad SMARTS) is 2. The average Bonchev–Trinajstić information content (AvgIpc) is 2.56. The predicted molar refractivity (Wildman–Crippen MR) is 106 cm³/mol. The number of carboxylic acids is 2. The van der Waals surface area contributed by atoms with Gasteiger partial charge in [-0.3, -0.25) is 14.4 Å². The molecule has 1 aromatic rings. The van der Waals surface area contributed by atoms with Gasteiger partial charge in [-0.1, -0.05) is 0 Å². The molecule has 0 spiro atoms. The summed E-state index contributed by atoms with van der Waals surface area (Å²) in [6, 6.07) is 4.56. The number of carbonyl (C=O) groups excluding carboxylic acids is 2. The zero-order valence-electron chi connectivity index (χ0n) is 17.4. The lowest BCUT2D eigenvalue weighted by Crippen LogP contribution is -2.39. The molecule has 9 nitrogen and oxygen atoms in total. The van der Waals surface area contributed by atoms with E-state index < -0.39 is 36.7 Å². The minimum Gasteiger partial charge on any atom is -0.480 e. The highest BCUT2D eigenvalue weighted by Crippen LogP contribution is 2.22. The van der Waals surface area contributed by atoms with Crippen molar-refractivity contribution in [2.24, 2.45) is 0 Å². The molecule has 0 aliphatic rings. The van der Waals surface area contributed by atoms with E-state index in [1.54, 1.807) is 40.7 Å². The number of anilines is 1. The van der Waals surface area contributed by atoms with Gasteiger partial charge in [0.25, 0.3) is 0 Å². The van der Waals surface area contributed by atoms with Crippen molar-refractivity contribution in [2.45, 2.75) is 40.2 Å². The predicted octanol–water partition coefficient (Wildman–Crippen LogP) is 2.41. The van der Waals surface area contributed by atoms with E-state index in [0.717, 1.165) is 0 Å². The van der Waals surface area contributed by atoms with Crippen LogP contribution in [-0.4, -0.2) is 70.7 Å². The van der Waals surface area contributed by atoms with Crippen molar-refractivity contribution in [1.82, 2.24) is 4.90 Å². The third kappa shape index (κ3) is 7.81. The molecule has 0 aliphatic carbocycles. The van der Waals surface area contributed by atoms with Crippen molar-refractivity contribution >= 4 is 29.5 Å². The molecule has 29 heavy (non-hydrogen) atoms. The van der Waals surface area contributed by atoms with Crippen molar-refractivity contribution in [1.29, 1.82) is 0 Å². The van der Waals surface area contributed by atoms with E-state index in [9.17, 15) is 19.2 Å². The van der Waals surface area contributed by atoms with E-state index in [4.69, 9.17) is 14.9 Å². The molecule has 2 N–H and O–H groups in total. The molecule has 0 saturated heterocycles. The fourth-order valence-electron chi connectivity index (χ4n) is 2.63. The average molecular weight is 408 g/mol. The second kappa shape index (κ2) is 9.90. The number of ether oxygens (including phenoxy) is 1. The minimum absolute atomic E-state index is 0.168. The number of aryl methyl sites for hydroxylation is 1. The first kappa shape index (κ1) is 23.9. The van der Waals surface area contributed by atoms with E-state index in [1.165, 1.54) is 21.9 Å². The topological polar surface area (TPSA) is 124 Å². The Kier molecular flexibility index (Phi) is 8.17. The monoisotopic (exact) mass is 408 g/mol. The Balaban J connectivity index is 3.01. The second-order valence-electron chi connectivity index (χ2n) is 7.56. The van der Waals surface area contributed by atoms with Crippen LogP contribution >= 0.6 is 0 Å². The van der Waals surface area contributed by atoms with Gasteiger partial charge in [0.15, 0.2) is 5.78 Å². The van der Waals surface area contributed by atoms with Gasteiger partial charge in [-0.05, 0) is 58.4 Å². The van der Waals surface area contributed by atoms with Crippen LogP contribution in [0.5, 0.6) is 0 Å². The van der Waals surface area contributed by atoms with Crippen LogP contribution in [0, 0.1) is 6.92 Å². The molecule has 1 amide bonds. The Bertz CT molecular complexity index is 768. The first-order valence-electron chi connectivity index (χ1n) is 9.14. The van der Waals surface area contributed by atoms with E-state index >= 15 is 0 Å². The standard InChI is InChI=1S/C20H28N2O7/c1-6-21(19(28)29-20(3,4)5)10-16(23)14-7-8-15(13(2)9-14)22(11-17(24)25)12-18(26)27/h7-9H,6,10-12H2,1-5H3,(H,24,25)(H,26,27). The number of carbonyl (C=O) groups is 4.